The fourth-order valence-corrected chi connectivity index (χ4v) is 2.45. The van der Waals surface area contributed by atoms with Gasteiger partial charge in [-0.25, -0.2) is 0 Å². The van der Waals surface area contributed by atoms with E-state index in [9.17, 15) is 4.79 Å². The lowest BCUT2D eigenvalue weighted by atomic mass is 9.99. The van der Waals surface area contributed by atoms with Crippen molar-refractivity contribution < 1.29 is 4.79 Å². The van der Waals surface area contributed by atoms with E-state index in [-0.39, 0.29) is 11.8 Å². The van der Waals surface area contributed by atoms with E-state index in [1.807, 2.05) is 36.1 Å². The maximum Gasteiger partial charge on any atom is 0.225 e. The smallest absolute Gasteiger partial charge is 0.225 e. The van der Waals surface area contributed by atoms with E-state index in [4.69, 9.17) is 5.26 Å². The number of benzene rings is 1. The summed E-state index contributed by atoms with van der Waals surface area (Å²) in [6.45, 7) is 5.44. The molecule has 1 heterocycles. The molecule has 2 rings (SSSR count). The molecule has 1 aromatic carbocycles. The van der Waals surface area contributed by atoms with Crippen molar-refractivity contribution in [3.05, 3.63) is 35.4 Å². The van der Waals surface area contributed by atoms with Crippen LogP contribution in [0.5, 0.6) is 0 Å². The Kier molecular flexibility index (Phi) is 5.14. The molecule has 1 aromatic rings. The molecule has 20 heavy (non-hydrogen) atoms. The monoisotopic (exact) mass is 271 g/mol. The lowest BCUT2D eigenvalue weighted by Crippen LogP contribution is -2.48. The van der Waals surface area contributed by atoms with Gasteiger partial charge in [0, 0.05) is 32.1 Å². The molecule has 0 aromatic heterocycles. The third kappa shape index (κ3) is 3.82. The highest BCUT2D eigenvalue weighted by Gasteiger charge is 2.21. The van der Waals surface area contributed by atoms with Crippen LogP contribution in [0.4, 0.5) is 0 Å². The Balaban J connectivity index is 1.82. The first-order valence-corrected chi connectivity index (χ1v) is 7.19. The number of nitriles is 1. The van der Waals surface area contributed by atoms with E-state index in [2.05, 4.69) is 11.4 Å². The molecular weight excluding hydrogens is 250 g/mol. The zero-order chi connectivity index (χ0) is 14.4. The van der Waals surface area contributed by atoms with Crippen molar-refractivity contribution in [1.82, 2.24) is 10.2 Å². The molecule has 0 bridgehead atoms. The SMILES string of the molecule is CC(CCc1ccc(C#N)cc1)C(=O)N1CCNCC1. The van der Waals surface area contributed by atoms with Gasteiger partial charge in [0.1, 0.15) is 0 Å². The number of rotatable bonds is 4. The van der Waals surface area contributed by atoms with E-state index >= 15 is 0 Å². The van der Waals surface area contributed by atoms with Crippen molar-refractivity contribution in [3.8, 4) is 6.07 Å². The standard InChI is InChI=1S/C16H21N3O/c1-13(16(20)19-10-8-18-9-11-19)2-3-14-4-6-15(12-17)7-5-14/h4-7,13,18H,2-3,8-11H2,1H3. The van der Waals surface area contributed by atoms with Crippen LogP contribution in [0.25, 0.3) is 0 Å². The number of amides is 1. The molecule has 1 saturated heterocycles. The van der Waals surface area contributed by atoms with E-state index < -0.39 is 0 Å². The number of nitrogens with one attached hydrogen (secondary N) is 1. The van der Waals surface area contributed by atoms with Crippen LogP contribution in [0, 0.1) is 17.2 Å². The Hall–Kier alpha value is -1.86. The molecule has 0 radical (unpaired) electrons. The van der Waals surface area contributed by atoms with Crippen molar-refractivity contribution >= 4 is 5.91 Å². The summed E-state index contributed by atoms with van der Waals surface area (Å²) in [6.07, 6.45) is 1.74. The molecular formula is C16H21N3O. The lowest BCUT2D eigenvalue weighted by molar-refractivity contribution is -0.135. The fraction of sp³-hybridized carbons (Fsp3) is 0.500. The molecule has 0 saturated carbocycles. The quantitative estimate of drug-likeness (QED) is 0.904. The van der Waals surface area contributed by atoms with Crippen LogP contribution in [0.2, 0.25) is 0 Å². The van der Waals surface area contributed by atoms with Gasteiger partial charge < -0.3 is 10.2 Å². The fourth-order valence-electron chi connectivity index (χ4n) is 2.45. The average molecular weight is 271 g/mol. The van der Waals surface area contributed by atoms with Gasteiger partial charge in [0.05, 0.1) is 11.6 Å². The topological polar surface area (TPSA) is 56.1 Å². The van der Waals surface area contributed by atoms with Gasteiger partial charge in [-0.05, 0) is 30.5 Å². The zero-order valence-corrected chi connectivity index (χ0v) is 11.9. The number of piperazine rings is 1. The Morgan fingerprint density at radius 2 is 2.00 bits per heavy atom. The van der Waals surface area contributed by atoms with Gasteiger partial charge in [0.25, 0.3) is 0 Å². The third-order valence-electron chi connectivity index (χ3n) is 3.80. The zero-order valence-electron chi connectivity index (χ0n) is 11.9. The minimum Gasteiger partial charge on any atom is -0.340 e. The lowest BCUT2D eigenvalue weighted by Gasteiger charge is -2.29. The Bertz CT molecular complexity index is 483. The minimum absolute atomic E-state index is 0.0590. The molecule has 1 aliphatic rings. The van der Waals surface area contributed by atoms with Crippen LogP contribution in [-0.4, -0.2) is 37.0 Å². The van der Waals surface area contributed by atoms with Crippen molar-refractivity contribution in [3.63, 3.8) is 0 Å². The van der Waals surface area contributed by atoms with E-state index in [0.717, 1.165) is 39.0 Å². The Morgan fingerprint density at radius 1 is 1.35 bits per heavy atom. The molecule has 1 atom stereocenters. The van der Waals surface area contributed by atoms with E-state index in [1.54, 1.807) is 0 Å². The number of aryl methyl sites for hydroxylation is 1. The van der Waals surface area contributed by atoms with Crippen LogP contribution in [0.1, 0.15) is 24.5 Å². The molecule has 1 fully saturated rings. The summed E-state index contributed by atoms with van der Waals surface area (Å²) in [7, 11) is 0. The summed E-state index contributed by atoms with van der Waals surface area (Å²) in [5, 5.41) is 12.0. The summed E-state index contributed by atoms with van der Waals surface area (Å²) < 4.78 is 0. The van der Waals surface area contributed by atoms with Crippen molar-refractivity contribution in [2.75, 3.05) is 26.2 Å². The molecule has 1 amide bonds. The van der Waals surface area contributed by atoms with Gasteiger partial charge in [0.15, 0.2) is 0 Å². The second kappa shape index (κ2) is 7.06. The van der Waals surface area contributed by atoms with Crippen LogP contribution in [0.3, 0.4) is 0 Å². The van der Waals surface area contributed by atoms with Crippen molar-refractivity contribution in [2.45, 2.75) is 19.8 Å². The number of carbonyl (C=O) groups excluding carboxylic acids is 1. The molecule has 106 valence electrons. The number of carbonyl (C=O) groups is 1. The molecule has 1 aliphatic heterocycles. The van der Waals surface area contributed by atoms with Crippen molar-refractivity contribution in [1.29, 1.82) is 5.26 Å². The minimum atomic E-state index is 0.0590. The normalized spacial score (nSPS) is 16.5. The highest BCUT2D eigenvalue weighted by Crippen LogP contribution is 2.13. The molecule has 1 unspecified atom stereocenters. The Morgan fingerprint density at radius 3 is 2.60 bits per heavy atom. The number of hydrogen-bond donors (Lipinski definition) is 1. The summed E-state index contributed by atoms with van der Waals surface area (Å²) in [5.41, 5.74) is 1.86. The predicted molar refractivity (Wildman–Crippen MR) is 78.1 cm³/mol. The number of hydrogen-bond acceptors (Lipinski definition) is 3. The molecule has 4 heteroatoms. The molecule has 0 spiro atoms. The number of nitrogens with zero attached hydrogens (tertiary/aromatic N) is 2. The van der Waals surface area contributed by atoms with Gasteiger partial charge in [-0.3, -0.25) is 4.79 Å². The van der Waals surface area contributed by atoms with Gasteiger partial charge in [-0.2, -0.15) is 5.26 Å². The van der Waals surface area contributed by atoms with Gasteiger partial charge >= 0.3 is 0 Å². The van der Waals surface area contributed by atoms with Gasteiger partial charge in [0.2, 0.25) is 5.91 Å². The largest absolute Gasteiger partial charge is 0.340 e. The first-order chi connectivity index (χ1) is 9.70. The molecule has 0 aliphatic carbocycles. The Labute approximate surface area is 120 Å². The van der Waals surface area contributed by atoms with Gasteiger partial charge in [-0.15, -0.1) is 0 Å². The van der Waals surface area contributed by atoms with Gasteiger partial charge in [-0.1, -0.05) is 19.1 Å². The summed E-state index contributed by atoms with van der Waals surface area (Å²) in [4.78, 5) is 14.2. The van der Waals surface area contributed by atoms with E-state index in [0.29, 0.717) is 5.56 Å². The maximum atomic E-state index is 12.3. The maximum absolute atomic E-state index is 12.3. The predicted octanol–water partition coefficient (Wildman–Crippen LogP) is 1.56. The van der Waals surface area contributed by atoms with Crippen LogP contribution < -0.4 is 5.32 Å². The second-order valence-corrected chi connectivity index (χ2v) is 5.32. The summed E-state index contributed by atoms with van der Waals surface area (Å²) in [6, 6.07) is 9.72. The third-order valence-corrected chi connectivity index (χ3v) is 3.80. The second-order valence-electron chi connectivity index (χ2n) is 5.32. The average Bonchev–Trinajstić information content (AvgIpc) is 2.53. The summed E-state index contributed by atoms with van der Waals surface area (Å²) in [5.74, 6) is 0.323. The first-order valence-electron chi connectivity index (χ1n) is 7.19. The van der Waals surface area contributed by atoms with E-state index in [1.165, 1.54) is 5.56 Å². The van der Waals surface area contributed by atoms with Crippen molar-refractivity contribution in [2.24, 2.45) is 5.92 Å². The molecule has 4 nitrogen and oxygen atoms in total. The summed E-state index contributed by atoms with van der Waals surface area (Å²) >= 11 is 0. The highest BCUT2D eigenvalue weighted by molar-refractivity contribution is 5.78. The highest BCUT2D eigenvalue weighted by atomic mass is 16.2. The molecule has 1 N–H and O–H groups in total. The van der Waals surface area contributed by atoms with Crippen LogP contribution >= 0.6 is 0 Å². The first kappa shape index (κ1) is 14.5. The van der Waals surface area contributed by atoms with Crippen LogP contribution in [0.15, 0.2) is 24.3 Å². The van der Waals surface area contributed by atoms with Crippen LogP contribution in [-0.2, 0) is 11.2 Å².